The summed E-state index contributed by atoms with van der Waals surface area (Å²) in [5.74, 6) is -0.267. The zero-order valence-electron chi connectivity index (χ0n) is 15.6. The van der Waals surface area contributed by atoms with E-state index in [0.717, 1.165) is 11.1 Å². The minimum Gasteiger partial charge on any atom is -0.352 e. The fourth-order valence-electron chi connectivity index (χ4n) is 3.41. The SMILES string of the molecule is Cc1ccccc1CNC(=O)C1CCN(C(=O)Cc2ccc(F)cc2)CC1. The number of piperidine rings is 1. The van der Waals surface area contributed by atoms with E-state index in [1.165, 1.54) is 17.7 Å². The number of hydrogen-bond donors (Lipinski definition) is 1. The highest BCUT2D eigenvalue weighted by molar-refractivity contribution is 5.81. The number of nitrogens with zero attached hydrogens (tertiary/aromatic N) is 1. The van der Waals surface area contributed by atoms with Crippen molar-refractivity contribution in [1.29, 1.82) is 0 Å². The first-order chi connectivity index (χ1) is 13.0. The van der Waals surface area contributed by atoms with Gasteiger partial charge >= 0.3 is 0 Å². The molecule has 1 aliphatic rings. The number of nitrogens with one attached hydrogen (secondary N) is 1. The van der Waals surface area contributed by atoms with Gasteiger partial charge in [-0.3, -0.25) is 9.59 Å². The van der Waals surface area contributed by atoms with Crippen molar-refractivity contribution in [3.8, 4) is 0 Å². The smallest absolute Gasteiger partial charge is 0.226 e. The van der Waals surface area contributed by atoms with Gasteiger partial charge in [-0.15, -0.1) is 0 Å². The van der Waals surface area contributed by atoms with Crippen LogP contribution in [0.25, 0.3) is 0 Å². The maximum atomic E-state index is 13.0. The van der Waals surface area contributed by atoms with Gasteiger partial charge in [0.2, 0.25) is 11.8 Å². The fourth-order valence-corrected chi connectivity index (χ4v) is 3.41. The number of benzene rings is 2. The summed E-state index contributed by atoms with van der Waals surface area (Å²) in [5.41, 5.74) is 3.09. The zero-order chi connectivity index (χ0) is 19.2. The van der Waals surface area contributed by atoms with E-state index in [2.05, 4.69) is 5.32 Å². The van der Waals surface area contributed by atoms with E-state index in [-0.39, 0.29) is 30.0 Å². The Labute approximate surface area is 159 Å². The van der Waals surface area contributed by atoms with E-state index in [1.54, 1.807) is 17.0 Å². The van der Waals surface area contributed by atoms with E-state index in [9.17, 15) is 14.0 Å². The number of halogens is 1. The number of aryl methyl sites for hydroxylation is 1. The van der Waals surface area contributed by atoms with Crippen molar-refractivity contribution in [2.45, 2.75) is 32.7 Å². The van der Waals surface area contributed by atoms with Crippen molar-refractivity contribution < 1.29 is 14.0 Å². The van der Waals surface area contributed by atoms with Crippen LogP contribution in [0.2, 0.25) is 0 Å². The van der Waals surface area contributed by atoms with Crippen LogP contribution in [0.15, 0.2) is 48.5 Å². The minimum absolute atomic E-state index is 0.0281. The summed E-state index contributed by atoms with van der Waals surface area (Å²) >= 11 is 0. The second-order valence-corrected chi connectivity index (χ2v) is 7.10. The molecule has 0 bridgehead atoms. The van der Waals surface area contributed by atoms with Crippen LogP contribution in [-0.4, -0.2) is 29.8 Å². The molecule has 142 valence electrons. The lowest BCUT2D eigenvalue weighted by atomic mass is 9.95. The first-order valence-corrected chi connectivity index (χ1v) is 9.37. The first-order valence-electron chi connectivity index (χ1n) is 9.37. The molecule has 2 aromatic rings. The van der Waals surface area contributed by atoms with Crippen molar-refractivity contribution in [3.63, 3.8) is 0 Å². The summed E-state index contributed by atoms with van der Waals surface area (Å²) in [4.78, 5) is 26.6. The Morgan fingerprint density at radius 1 is 1.07 bits per heavy atom. The molecule has 4 nitrogen and oxygen atoms in total. The second kappa shape index (κ2) is 8.80. The van der Waals surface area contributed by atoms with Crippen LogP contribution in [0.4, 0.5) is 4.39 Å². The number of rotatable bonds is 5. The first kappa shape index (κ1) is 19.1. The van der Waals surface area contributed by atoms with Gasteiger partial charge in [0.05, 0.1) is 6.42 Å². The lowest BCUT2D eigenvalue weighted by molar-refractivity contribution is -0.135. The maximum Gasteiger partial charge on any atom is 0.226 e. The van der Waals surface area contributed by atoms with Crippen molar-refractivity contribution in [3.05, 3.63) is 71.0 Å². The number of carbonyl (C=O) groups excluding carboxylic acids is 2. The summed E-state index contributed by atoms with van der Waals surface area (Å²) in [7, 11) is 0. The van der Waals surface area contributed by atoms with Crippen LogP contribution in [0.5, 0.6) is 0 Å². The van der Waals surface area contributed by atoms with Crippen LogP contribution in [0, 0.1) is 18.7 Å². The van der Waals surface area contributed by atoms with Crippen LogP contribution in [0.1, 0.15) is 29.5 Å². The molecule has 1 N–H and O–H groups in total. The predicted molar refractivity (Wildman–Crippen MR) is 102 cm³/mol. The highest BCUT2D eigenvalue weighted by Crippen LogP contribution is 2.19. The van der Waals surface area contributed by atoms with Gasteiger partial charge < -0.3 is 10.2 Å². The van der Waals surface area contributed by atoms with Gasteiger partial charge in [-0.1, -0.05) is 36.4 Å². The van der Waals surface area contributed by atoms with Gasteiger partial charge in [-0.2, -0.15) is 0 Å². The van der Waals surface area contributed by atoms with Crippen LogP contribution < -0.4 is 5.32 Å². The van der Waals surface area contributed by atoms with Crippen molar-refractivity contribution in [1.82, 2.24) is 10.2 Å². The molecule has 0 radical (unpaired) electrons. The molecule has 2 amide bonds. The number of amides is 2. The molecule has 0 unspecified atom stereocenters. The molecule has 1 saturated heterocycles. The van der Waals surface area contributed by atoms with Crippen LogP contribution in [0.3, 0.4) is 0 Å². The zero-order valence-corrected chi connectivity index (χ0v) is 15.6. The molecule has 0 atom stereocenters. The lowest BCUT2D eigenvalue weighted by Crippen LogP contribution is -2.43. The molecule has 1 fully saturated rings. The summed E-state index contributed by atoms with van der Waals surface area (Å²) in [6.07, 6.45) is 1.62. The van der Waals surface area contributed by atoms with Gasteiger partial charge in [0, 0.05) is 25.6 Å². The third-order valence-corrected chi connectivity index (χ3v) is 5.20. The molecule has 0 saturated carbocycles. The minimum atomic E-state index is -0.302. The highest BCUT2D eigenvalue weighted by atomic mass is 19.1. The Hall–Kier alpha value is -2.69. The molecule has 0 aliphatic carbocycles. The lowest BCUT2D eigenvalue weighted by Gasteiger charge is -2.31. The molecule has 1 aliphatic heterocycles. The maximum absolute atomic E-state index is 13.0. The largest absolute Gasteiger partial charge is 0.352 e. The van der Waals surface area contributed by atoms with Gasteiger partial charge in [-0.05, 0) is 48.6 Å². The molecule has 0 aromatic heterocycles. The topological polar surface area (TPSA) is 49.4 Å². The molecule has 0 spiro atoms. The predicted octanol–water partition coefficient (Wildman–Crippen LogP) is 3.23. The number of likely N-dealkylation sites (tertiary alicyclic amines) is 1. The molecular weight excluding hydrogens is 343 g/mol. The number of hydrogen-bond acceptors (Lipinski definition) is 2. The van der Waals surface area contributed by atoms with E-state index in [0.29, 0.717) is 32.5 Å². The third-order valence-electron chi connectivity index (χ3n) is 5.20. The Kier molecular flexibility index (Phi) is 6.22. The van der Waals surface area contributed by atoms with Crippen LogP contribution >= 0.6 is 0 Å². The van der Waals surface area contributed by atoms with E-state index >= 15 is 0 Å². The Morgan fingerprint density at radius 2 is 1.74 bits per heavy atom. The molecule has 1 heterocycles. The van der Waals surface area contributed by atoms with Crippen LogP contribution in [-0.2, 0) is 22.6 Å². The molecule has 2 aromatic carbocycles. The average molecular weight is 368 g/mol. The molecule has 3 rings (SSSR count). The second-order valence-electron chi connectivity index (χ2n) is 7.10. The normalized spacial score (nSPS) is 14.8. The van der Waals surface area contributed by atoms with Gasteiger partial charge in [0.25, 0.3) is 0 Å². The molecule has 5 heteroatoms. The molecular formula is C22H25FN2O2. The van der Waals surface area contributed by atoms with Crippen molar-refractivity contribution >= 4 is 11.8 Å². The van der Waals surface area contributed by atoms with Crippen molar-refractivity contribution in [2.75, 3.05) is 13.1 Å². The quantitative estimate of drug-likeness (QED) is 0.881. The third kappa shape index (κ3) is 5.16. The Morgan fingerprint density at radius 3 is 2.41 bits per heavy atom. The van der Waals surface area contributed by atoms with Gasteiger partial charge in [0.15, 0.2) is 0 Å². The highest BCUT2D eigenvalue weighted by Gasteiger charge is 2.27. The van der Waals surface area contributed by atoms with E-state index in [1.807, 2.05) is 31.2 Å². The average Bonchev–Trinajstić information content (AvgIpc) is 2.69. The van der Waals surface area contributed by atoms with E-state index < -0.39 is 0 Å². The van der Waals surface area contributed by atoms with E-state index in [4.69, 9.17) is 0 Å². The van der Waals surface area contributed by atoms with Crippen molar-refractivity contribution in [2.24, 2.45) is 5.92 Å². The summed E-state index contributed by atoms with van der Waals surface area (Å²) < 4.78 is 13.0. The Balaban J connectivity index is 1.45. The number of carbonyl (C=O) groups is 2. The monoisotopic (exact) mass is 368 g/mol. The summed E-state index contributed by atoms with van der Waals surface area (Å²) in [6.45, 7) is 3.74. The summed E-state index contributed by atoms with van der Waals surface area (Å²) in [5, 5.41) is 3.02. The fraction of sp³-hybridized carbons (Fsp3) is 0.364. The van der Waals surface area contributed by atoms with Gasteiger partial charge in [0.1, 0.15) is 5.82 Å². The Bertz CT molecular complexity index is 796. The standard InChI is InChI=1S/C22H25FN2O2/c1-16-4-2-3-5-19(16)15-24-22(27)18-10-12-25(13-11-18)21(26)14-17-6-8-20(23)9-7-17/h2-9,18H,10-15H2,1H3,(H,24,27). The summed E-state index contributed by atoms with van der Waals surface area (Å²) in [6, 6.07) is 14.0. The molecule has 27 heavy (non-hydrogen) atoms. The van der Waals surface area contributed by atoms with Gasteiger partial charge in [-0.25, -0.2) is 4.39 Å².